The van der Waals surface area contributed by atoms with E-state index in [1.807, 2.05) is 4.90 Å². The monoisotopic (exact) mass is 276 g/mol. The second-order valence-electron chi connectivity index (χ2n) is 5.50. The maximum atomic E-state index is 13.5. The third kappa shape index (κ3) is 2.66. The lowest BCUT2D eigenvalue weighted by atomic mass is 10.1. The van der Waals surface area contributed by atoms with Gasteiger partial charge in [0.05, 0.1) is 5.56 Å². The maximum absolute atomic E-state index is 13.5. The van der Waals surface area contributed by atoms with Crippen LogP contribution >= 0.6 is 0 Å². The summed E-state index contributed by atoms with van der Waals surface area (Å²) in [5.41, 5.74) is 0.0551. The van der Waals surface area contributed by atoms with Crippen LogP contribution in [0.15, 0.2) is 24.3 Å². The van der Waals surface area contributed by atoms with E-state index in [1.54, 1.807) is 12.1 Å². The largest absolute Gasteiger partial charge is 0.347 e. The molecule has 0 radical (unpaired) electrons. The molecule has 0 spiro atoms. The molecule has 1 aromatic rings. The summed E-state index contributed by atoms with van der Waals surface area (Å²) in [4.78, 5) is 25.7. The number of nitrogens with zero attached hydrogens (tertiary/aromatic N) is 1. The molecule has 1 aromatic carbocycles. The van der Waals surface area contributed by atoms with Crippen molar-refractivity contribution in [2.75, 3.05) is 13.1 Å². The Morgan fingerprint density at radius 2 is 1.95 bits per heavy atom. The average molecular weight is 276 g/mol. The van der Waals surface area contributed by atoms with Gasteiger partial charge in [0.15, 0.2) is 0 Å². The average Bonchev–Trinajstić information content (AvgIpc) is 3.19. The third-order valence-electron chi connectivity index (χ3n) is 3.88. The second kappa shape index (κ2) is 5.23. The Balaban J connectivity index is 1.58. The number of carbonyl (C=O) groups excluding carboxylic acids is 2. The molecular weight excluding hydrogens is 259 g/mol. The molecule has 0 aromatic heterocycles. The molecule has 3 rings (SSSR count). The fourth-order valence-electron chi connectivity index (χ4n) is 2.58. The summed E-state index contributed by atoms with van der Waals surface area (Å²) in [5, 5.41) is 2.81. The molecule has 1 saturated carbocycles. The van der Waals surface area contributed by atoms with Crippen molar-refractivity contribution in [2.45, 2.75) is 25.3 Å². The number of carbonyl (C=O) groups is 2. The highest BCUT2D eigenvalue weighted by molar-refractivity contribution is 5.94. The molecule has 106 valence electrons. The molecule has 2 fully saturated rings. The Bertz CT molecular complexity index is 542. The molecule has 1 aliphatic heterocycles. The van der Waals surface area contributed by atoms with Gasteiger partial charge in [-0.2, -0.15) is 0 Å². The molecular formula is C15H17FN2O2. The summed E-state index contributed by atoms with van der Waals surface area (Å²) in [5.74, 6) is -0.522. The van der Waals surface area contributed by atoms with Crippen molar-refractivity contribution >= 4 is 11.8 Å². The van der Waals surface area contributed by atoms with Crippen molar-refractivity contribution in [1.29, 1.82) is 0 Å². The smallest absolute Gasteiger partial charge is 0.254 e. The summed E-state index contributed by atoms with van der Waals surface area (Å²) < 4.78 is 13.5. The minimum atomic E-state index is -0.520. The maximum Gasteiger partial charge on any atom is 0.254 e. The van der Waals surface area contributed by atoms with Crippen LogP contribution < -0.4 is 5.32 Å². The predicted molar refractivity (Wildman–Crippen MR) is 71.6 cm³/mol. The fraction of sp³-hybridized carbons (Fsp3) is 0.467. The number of hydrogen-bond donors (Lipinski definition) is 1. The third-order valence-corrected chi connectivity index (χ3v) is 3.88. The highest BCUT2D eigenvalue weighted by Gasteiger charge is 2.36. The highest BCUT2D eigenvalue weighted by atomic mass is 19.1. The summed E-state index contributed by atoms with van der Waals surface area (Å²) in [6.07, 6.45) is 2.71. The molecule has 4 nitrogen and oxygen atoms in total. The zero-order valence-electron chi connectivity index (χ0n) is 11.1. The topological polar surface area (TPSA) is 49.4 Å². The lowest BCUT2D eigenvalue weighted by Crippen LogP contribution is -2.39. The van der Waals surface area contributed by atoms with Gasteiger partial charge in [-0.15, -0.1) is 0 Å². The Morgan fingerprint density at radius 1 is 1.20 bits per heavy atom. The number of rotatable bonds is 3. The van der Waals surface area contributed by atoms with Crippen LogP contribution in [-0.2, 0) is 4.79 Å². The van der Waals surface area contributed by atoms with E-state index in [2.05, 4.69) is 5.32 Å². The molecule has 1 atom stereocenters. The van der Waals surface area contributed by atoms with Crippen molar-refractivity contribution in [3.8, 4) is 0 Å². The summed E-state index contributed by atoms with van der Waals surface area (Å²) in [6.45, 7) is 1.22. The zero-order chi connectivity index (χ0) is 14.1. The van der Waals surface area contributed by atoms with Crippen LogP contribution in [0.5, 0.6) is 0 Å². The molecule has 20 heavy (non-hydrogen) atoms. The lowest BCUT2D eigenvalue weighted by molar-refractivity contribution is -0.131. The van der Waals surface area contributed by atoms with E-state index in [-0.39, 0.29) is 23.4 Å². The number of nitrogens with one attached hydrogen (secondary N) is 1. The van der Waals surface area contributed by atoms with Crippen LogP contribution in [0.2, 0.25) is 0 Å². The first-order chi connectivity index (χ1) is 9.65. The van der Waals surface area contributed by atoms with Crippen LogP contribution in [0.4, 0.5) is 4.39 Å². The second-order valence-corrected chi connectivity index (χ2v) is 5.50. The SMILES string of the molecule is O=C(N[C@@H]1CCN(C(=O)C2CC2)C1)c1ccccc1F. The molecule has 5 heteroatoms. The summed E-state index contributed by atoms with van der Waals surface area (Å²) in [6, 6.07) is 5.84. The zero-order valence-corrected chi connectivity index (χ0v) is 11.1. The molecule has 1 heterocycles. The number of benzene rings is 1. The van der Waals surface area contributed by atoms with Gasteiger partial charge in [-0.3, -0.25) is 9.59 Å². The highest BCUT2D eigenvalue weighted by Crippen LogP contribution is 2.32. The molecule has 1 saturated heterocycles. The predicted octanol–water partition coefficient (Wildman–Crippen LogP) is 1.57. The molecule has 2 aliphatic rings. The Hall–Kier alpha value is -1.91. The number of halogens is 1. The van der Waals surface area contributed by atoms with Gasteiger partial charge in [0.25, 0.3) is 5.91 Å². The number of hydrogen-bond acceptors (Lipinski definition) is 2. The van der Waals surface area contributed by atoms with E-state index < -0.39 is 11.7 Å². The van der Waals surface area contributed by atoms with Crippen LogP contribution in [-0.4, -0.2) is 35.8 Å². The Kier molecular flexibility index (Phi) is 3.42. The normalized spacial score (nSPS) is 21.9. The van der Waals surface area contributed by atoms with Gasteiger partial charge in [0.1, 0.15) is 5.82 Å². The minimum Gasteiger partial charge on any atom is -0.347 e. The first-order valence-electron chi connectivity index (χ1n) is 6.99. The first kappa shape index (κ1) is 13.1. The van der Waals surface area contributed by atoms with E-state index in [0.717, 1.165) is 19.3 Å². The van der Waals surface area contributed by atoms with Crippen molar-refractivity contribution in [3.63, 3.8) is 0 Å². The van der Waals surface area contributed by atoms with Crippen LogP contribution in [0.1, 0.15) is 29.6 Å². The van der Waals surface area contributed by atoms with Gasteiger partial charge in [0.2, 0.25) is 5.91 Å². The fourth-order valence-corrected chi connectivity index (χ4v) is 2.58. The van der Waals surface area contributed by atoms with Crippen LogP contribution in [0, 0.1) is 11.7 Å². The minimum absolute atomic E-state index is 0.0551. The van der Waals surface area contributed by atoms with Gasteiger partial charge in [-0.25, -0.2) is 4.39 Å². The van der Waals surface area contributed by atoms with Gasteiger partial charge in [-0.1, -0.05) is 12.1 Å². The van der Waals surface area contributed by atoms with E-state index in [4.69, 9.17) is 0 Å². The molecule has 0 bridgehead atoms. The molecule has 1 N–H and O–H groups in total. The summed E-state index contributed by atoms with van der Waals surface area (Å²) in [7, 11) is 0. The van der Waals surface area contributed by atoms with E-state index in [1.165, 1.54) is 12.1 Å². The Morgan fingerprint density at radius 3 is 2.65 bits per heavy atom. The molecule has 0 unspecified atom stereocenters. The van der Waals surface area contributed by atoms with Gasteiger partial charge >= 0.3 is 0 Å². The standard InChI is InChI=1S/C15H17FN2O2/c16-13-4-2-1-3-12(13)14(19)17-11-7-8-18(9-11)15(20)10-5-6-10/h1-4,10-11H,5-9H2,(H,17,19)/t11-/m1/s1. The van der Waals surface area contributed by atoms with Crippen molar-refractivity contribution in [3.05, 3.63) is 35.6 Å². The number of likely N-dealkylation sites (tertiary alicyclic amines) is 1. The first-order valence-corrected chi connectivity index (χ1v) is 6.99. The molecule has 2 amide bonds. The molecule has 1 aliphatic carbocycles. The number of amides is 2. The lowest BCUT2D eigenvalue weighted by Gasteiger charge is -2.17. The quantitative estimate of drug-likeness (QED) is 0.911. The van der Waals surface area contributed by atoms with E-state index in [0.29, 0.717) is 13.1 Å². The van der Waals surface area contributed by atoms with E-state index in [9.17, 15) is 14.0 Å². The Labute approximate surface area is 117 Å². The van der Waals surface area contributed by atoms with Crippen molar-refractivity contribution < 1.29 is 14.0 Å². The van der Waals surface area contributed by atoms with Crippen LogP contribution in [0.25, 0.3) is 0 Å². The van der Waals surface area contributed by atoms with Gasteiger partial charge in [0, 0.05) is 25.0 Å². The van der Waals surface area contributed by atoms with Gasteiger partial charge in [-0.05, 0) is 31.4 Å². The van der Waals surface area contributed by atoms with Gasteiger partial charge < -0.3 is 10.2 Å². The van der Waals surface area contributed by atoms with Crippen molar-refractivity contribution in [1.82, 2.24) is 10.2 Å². The summed E-state index contributed by atoms with van der Waals surface area (Å²) >= 11 is 0. The van der Waals surface area contributed by atoms with E-state index >= 15 is 0 Å². The van der Waals surface area contributed by atoms with Crippen molar-refractivity contribution in [2.24, 2.45) is 5.92 Å². The van der Waals surface area contributed by atoms with Crippen LogP contribution in [0.3, 0.4) is 0 Å².